The highest BCUT2D eigenvalue weighted by Gasteiger charge is 2.14. The number of rotatable bonds is 5. The Morgan fingerprint density at radius 3 is 1.75 bits per heavy atom. The summed E-state index contributed by atoms with van der Waals surface area (Å²) in [5.74, 6) is 0.299. The molecular formula is C25H22OS2. The second kappa shape index (κ2) is 8.59. The van der Waals surface area contributed by atoms with Crippen molar-refractivity contribution in [2.75, 3.05) is 0 Å². The molecule has 4 rings (SSSR count). The van der Waals surface area contributed by atoms with Crippen molar-refractivity contribution in [3.63, 3.8) is 0 Å². The van der Waals surface area contributed by atoms with Crippen molar-refractivity contribution in [2.24, 2.45) is 0 Å². The molecule has 0 aromatic heterocycles. The average Bonchev–Trinajstić information content (AvgIpc) is 2.73. The van der Waals surface area contributed by atoms with Crippen LogP contribution in [0.15, 0.2) is 128 Å². The van der Waals surface area contributed by atoms with E-state index in [9.17, 15) is 5.11 Å². The van der Waals surface area contributed by atoms with Crippen molar-refractivity contribution in [3.05, 3.63) is 109 Å². The highest BCUT2D eigenvalue weighted by Crippen LogP contribution is 2.51. The third kappa shape index (κ3) is 4.27. The molecule has 28 heavy (non-hydrogen) atoms. The number of benzene rings is 4. The van der Waals surface area contributed by atoms with Crippen LogP contribution in [-0.4, -0.2) is 5.11 Å². The summed E-state index contributed by atoms with van der Waals surface area (Å²) in [7, 11) is -0.580. The lowest BCUT2D eigenvalue weighted by atomic mass is 10.2. The zero-order chi connectivity index (χ0) is 19.3. The lowest BCUT2D eigenvalue weighted by Crippen LogP contribution is -1.90. The van der Waals surface area contributed by atoms with Gasteiger partial charge >= 0.3 is 0 Å². The van der Waals surface area contributed by atoms with Crippen molar-refractivity contribution < 1.29 is 5.11 Å². The van der Waals surface area contributed by atoms with Gasteiger partial charge in [0.25, 0.3) is 0 Å². The van der Waals surface area contributed by atoms with Gasteiger partial charge in [0, 0.05) is 9.79 Å². The normalized spacial score (nSPS) is 11.2. The number of aromatic hydroxyl groups is 1. The van der Waals surface area contributed by atoms with E-state index in [1.165, 1.54) is 25.1 Å². The summed E-state index contributed by atoms with van der Waals surface area (Å²) in [6.45, 7) is 2.18. The zero-order valence-electron chi connectivity index (χ0n) is 15.6. The Morgan fingerprint density at radius 2 is 1.21 bits per heavy atom. The van der Waals surface area contributed by atoms with Gasteiger partial charge in [-0.1, -0.05) is 48.2 Å². The molecule has 0 radical (unpaired) electrons. The molecular weight excluding hydrogens is 380 g/mol. The molecule has 0 aliphatic rings. The fourth-order valence-electron chi connectivity index (χ4n) is 3.13. The van der Waals surface area contributed by atoms with E-state index in [4.69, 9.17) is 0 Å². The van der Waals surface area contributed by atoms with Gasteiger partial charge in [0.05, 0.1) is 0 Å². The SMILES string of the molecule is Cc1cc([SH](c2ccccc2)c2ccccc2)ccc1Sc1ccc(O)cc1. The first-order chi connectivity index (χ1) is 13.7. The lowest BCUT2D eigenvalue weighted by molar-refractivity contribution is 0.475. The second-order valence-electron chi connectivity index (χ2n) is 6.55. The van der Waals surface area contributed by atoms with Gasteiger partial charge in [-0.2, -0.15) is 10.9 Å². The standard InChI is InChI=1S/C25H22OS2/c1-19-18-24(16-17-25(19)27-21-14-12-20(26)13-15-21)28(22-8-4-2-5-9-22)23-10-6-3-7-11-23/h2-18,26,28H,1H3. The number of phenolic OH excluding ortho intramolecular Hbond substituents is 1. The summed E-state index contributed by atoms with van der Waals surface area (Å²) >= 11 is 1.73. The summed E-state index contributed by atoms with van der Waals surface area (Å²) in [6.07, 6.45) is 0. The maximum absolute atomic E-state index is 9.48. The van der Waals surface area contributed by atoms with Gasteiger partial charge in [0.2, 0.25) is 0 Å². The molecule has 0 heterocycles. The first kappa shape index (κ1) is 18.7. The van der Waals surface area contributed by atoms with Gasteiger partial charge in [-0.15, -0.1) is 0 Å². The molecule has 0 saturated carbocycles. The van der Waals surface area contributed by atoms with E-state index in [0.717, 1.165) is 4.90 Å². The molecule has 0 aliphatic heterocycles. The van der Waals surface area contributed by atoms with Gasteiger partial charge in [-0.05, 0) is 93.9 Å². The van der Waals surface area contributed by atoms with Crippen LogP contribution in [0.25, 0.3) is 0 Å². The van der Waals surface area contributed by atoms with Crippen molar-refractivity contribution in [2.45, 2.75) is 31.4 Å². The van der Waals surface area contributed by atoms with Crippen LogP contribution in [0, 0.1) is 6.92 Å². The van der Waals surface area contributed by atoms with E-state index in [-0.39, 0.29) is 0 Å². The number of thiol groups is 1. The fraction of sp³-hybridized carbons (Fsp3) is 0.0400. The molecule has 4 aromatic rings. The van der Waals surface area contributed by atoms with E-state index in [1.807, 2.05) is 12.1 Å². The van der Waals surface area contributed by atoms with Gasteiger partial charge in [-0.25, -0.2) is 0 Å². The third-order valence-electron chi connectivity index (χ3n) is 4.51. The monoisotopic (exact) mass is 402 g/mol. The molecule has 1 N–H and O–H groups in total. The number of hydrogen-bond acceptors (Lipinski definition) is 2. The van der Waals surface area contributed by atoms with Gasteiger partial charge in [0.15, 0.2) is 0 Å². The minimum absolute atomic E-state index is 0.299. The van der Waals surface area contributed by atoms with Gasteiger partial charge in [0.1, 0.15) is 5.75 Å². The van der Waals surface area contributed by atoms with Crippen LogP contribution in [0.1, 0.15) is 5.56 Å². The molecule has 0 fully saturated rings. The predicted molar refractivity (Wildman–Crippen MR) is 120 cm³/mol. The van der Waals surface area contributed by atoms with Crippen LogP contribution in [0.4, 0.5) is 0 Å². The van der Waals surface area contributed by atoms with E-state index >= 15 is 0 Å². The molecule has 0 aliphatic carbocycles. The highest BCUT2D eigenvalue weighted by atomic mass is 32.2. The Morgan fingerprint density at radius 1 is 0.643 bits per heavy atom. The minimum atomic E-state index is -0.580. The van der Waals surface area contributed by atoms with Crippen LogP contribution in [0.2, 0.25) is 0 Å². The average molecular weight is 403 g/mol. The molecule has 4 aromatic carbocycles. The third-order valence-corrected chi connectivity index (χ3v) is 8.12. The largest absolute Gasteiger partial charge is 0.508 e. The van der Waals surface area contributed by atoms with E-state index < -0.39 is 10.9 Å². The number of hydrogen-bond donors (Lipinski definition) is 2. The maximum atomic E-state index is 9.48. The number of aryl methyl sites for hydroxylation is 1. The Hall–Kier alpha value is -2.62. The Labute approximate surface area is 173 Å². The summed E-state index contributed by atoms with van der Waals surface area (Å²) in [5.41, 5.74) is 1.27. The summed E-state index contributed by atoms with van der Waals surface area (Å²) < 4.78 is 0. The van der Waals surface area contributed by atoms with E-state index in [2.05, 4.69) is 85.8 Å². The van der Waals surface area contributed by atoms with Crippen LogP contribution in [0.3, 0.4) is 0 Å². The summed E-state index contributed by atoms with van der Waals surface area (Å²) in [4.78, 5) is 6.46. The van der Waals surface area contributed by atoms with Crippen LogP contribution in [0.5, 0.6) is 5.75 Å². The van der Waals surface area contributed by atoms with Crippen molar-refractivity contribution in [1.82, 2.24) is 0 Å². The van der Waals surface area contributed by atoms with Crippen molar-refractivity contribution >= 4 is 22.7 Å². The molecule has 0 atom stereocenters. The van der Waals surface area contributed by atoms with Crippen molar-refractivity contribution in [3.8, 4) is 5.75 Å². The molecule has 0 bridgehead atoms. The predicted octanol–water partition coefficient (Wildman–Crippen LogP) is 7.33. The summed E-state index contributed by atoms with van der Waals surface area (Å²) in [6, 6.07) is 35.7. The topological polar surface area (TPSA) is 20.2 Å². The van der Waals surface area contributed by atoms with Gasteiger partial charge < -0.3 is 5.11 Å². The molecule has 0 amide bonds. The second-order valence-corrected chi connectivity index (χ2v) is 9.89. The Kier molecular flexibility index (Phi) is 5.75. The maximum Gasteiger partial charge on any atom is 0.115 e. The van der Waals surface area contributed by atoms with Gasteiger partial charge in [-0.3, -0.25) is 0 Å². The van der Waals surface area contributed by atoms with Crippen LogP contribution in [-0.2, 0) is 0 Å². The first-order valence-electron chi connectivity index (χ1n) is 9.18. The van der Waals surface area contributed by atoms with Crippen molar-refractivity contribution in [1.29, 1.82) is 0 Å². The van der Waals surface area contributed by atoms with E-state index in [0.29, 0.717) is 5.75 Å². The Balaban J connectivity index is 1.70. The molecule has 0 spiro atoms. The molecule has 0 unspecified atom stereocenters. The molecule has 0 saturated heterocycles. The smallest absolute Gasteiger partial charge is 0.115 e. The van der Waals surface area contributed by atoms with E-state index in [1.54, 1.807) is 23.9 Å². The zero-order valence-corrected chi connectivity index (χ0v) is 17.3. The van der Waals surface area contributed by atoms with Crippen LogP contribution < -0.4 is 0 Å². The fourth-order valence-corrected chi connectivity index (χ4v) is 6.39. The lowest BCUT2D eigenvalue weighted by Gasteiger charge is -2.24. The quantitative estimate of drug-likeness (QED) is 0.341. The Bertz CT molecular complexity index is 1010. The molecule has 1 nitrogen and oxygen atoms in total. The first-order valence-corrected chi connectivity index (χ1v) is 11.3. The highest BCUT2D eigenvalue weighted by molar-refractivity contribution is 8.17. The molecule has 3 heteroatoms. The number of phenols is 1. The minimum Gasteiger partial charge on any atom is -0.508 e. The molecule has 140 valence electrons. The summed E-state index contributed by atoms with van der Waals surface area (Å²) in [5, 5.41) is 9.48. The van der Waals surface area contributed by atoms with Crippen LogP contribution >= 0.6 is 22.7 Å².